The average Bonchev–Trinajstić information content (AvgIpc) is 2.42. The Morgan fingerprint density at radius 3 is 3.05 bits per heavy atom. The fraction of sp³-hybridized carbons (Fsp3) is 0.462. The normalized spacial score (nSPS) is 19.2. The summed E-state index contributed by atoms with van der Waals surface area (Å²) in [5.41, 5.74) is 0. The lowest BCUT2D eigenvalue weighted by Gasteiger charge is -2.30. The minimum atomic E-state index is -0.554. The summed E-state index contributed by atoms with van der Waals surface area (Å²) in [4.78, 5) is 28.9. The van der Waals surface area contributed by atoms with Crippen molar-refractivity contribution in [1.29, 1.82) is 0 Å². The van der Waals surface area contributed by atoms with Crippen LogP contribution in [0, 0.1) is 0 Å². The third-order valence-electron chi connectivity index (χ3n) is 3.12. The molecule has 102 valence electrons. The number of amides is 1. The third kappa shape index (κ3) is 3.01. The molecule has 1 aromatic rings. The van der Waals surface area contributed by atoms with Gasteiger partial charge in [0.2, 0.25) is 5.88 Å². The van der Waals surface area contributed by atoms with Crippen LogP contribution in [0.2, 0.25) is 0 Å². The summed E-state index contributed by atoms with van der Waals surface area (Å²) in [6.07, 6.45) is 2.12. The second-order valence-corrected chi connectivity index (χ2v) is 4.34. The van der Waals surface area contributed by atoms with Crippen molar-refractivity contribution in [2.75, 3.05) is 13.7 Å². The number of piperidine rings is 1. The molecule has 6 heteroatoms. The van der Waals surface area contributed by atoms with E-state index in [1.807, 2.05) is 0 Å². The zero-order chi connectivity index (χ0) is 13.8. The summed E-state index contributed by atoms with van der Waals surface area (Å²) in [6, 6.07) is 2.74. The number of methoxy groups -OCH3 is 1. The van der Waals surface area contributed by atoms with Crippen molar-refractivity contribution >= 4 is 11.9 Å². The molecule has 1 amide bonds. The largest absolute Gasteiger partial charge is 0.497 e. The molecule has 1 aliphatic heterocycles. The Morgan fingerprint density at radius 2 is 2.32 bits per heavy atom. The summed E-state index contributed by atoms with van der Waals surface area (Å²) in [7, 11) is 1.52. The molecule has 0 aromatic carbocycles. The topological polar surface area (TPSA) is 68.7 Å². The number of Topliss-reactive ketones (excluding diaryl/α,β-unsaturated/α-hetero) is 1. The van der Waals surface area contributed by atoms with Gasteiger partial charge >= 0.3 is 6.09 Å². The van der Waals surface area contributed by atoms with E-state index >= 15 is 0 Å². The first-order valence-corrected chi connectivity index (χ1v) is 6.13. The van der Waals surface area contributed by atoms with Crippen molar-refractivity contribution in [3.63, 3.8) is 0 Å². The van der Waals surface area contributed by atoms with Crippen LogP contribution in [0.4, 0.5) is 4.79 Å². The number of nitrogens with zero attached hydrogens (tertiary/aromatic N) is 2. The lowest BCUT2D eigenvalue weighted by molar-refractivity contribution is -0.125. The van der Waals surface area contributed by atoms with Crippen LogP contribution in [-0.4, -0.2) is 41.5 Å². The minimum Gasteiger partial charge on any atom is -0.497 e. The molecule has 1 aromatic heterocycles. The van der Waals surface area contributed by atoms with Crippen molar-refractivity contribution in [3.8, 4) is 11.6 Å². The molecule has 1 atom stereocenters. The van der Waals surface area contributed by atoms with Crippen LogP contribution in [0.25, 0.3) is 0 Å². The van der Waals surface area contributed by atoms with Crippen LogP contribution in [0.3, 0.4) is 0 Å². The summed E-state index contributed by atoms with van der Waals surface area (Å²) in [5, 5.41) is 0. The van der Waals surface area contributed by atoms with Crippen molar-refractivity contribution < 1.29 is 19.1 Å². The fourth-order valence-corrected chi connectivity index (χ4v) is 1.97. The molecule has 0 bridgehead atoms. The molecule has 1 aliphatic rings. The summed E-state index contributed by atoms with van der Waals surface area (Å²) >= 11 is 0. The van der Waals surface area contributed by atoms with Crippen LogP contribution < -0.4 is 9.47 Å². The number of pyridine rings is 1. The van der Waals surface area contributed by atoms with Gasteiger partial charge in [-0.1, -0.05) is 0 Å². The second kappa shape index (κ2) is 5.69. The maximum Gasteiger partial charge on any atom is 0.417 e. The Morgan fingerprint density at radius 1 is 1.53 bits per heavy atom. The van der Waals surface area contributed by atoms with Crippen molar-refractivity contribution in [2.45, 2.75) is 25.8 Å². The van der Waals surface area contributed by atoms with Gasteiger partial charge in [0.05, 0.1) is 13.2 Å². The summed E-state index contributed by atoms with van der Waals surface area (Å²) in [5.74, 6) is 0.775. The van der Waals surface area contributed by atoms with E-state index in [9.17, 15) is 9.59 Å². The highest BCUT2D eigenvalue weighted by Crippen LogP contribution is 2.19. The number of ketones is 1. The minimum absolute atomic E-state index is 0.0572. The van der Waals surface area contributed by atoms with E-state index < -0.39 is 12.1 Å². The van der Waals surface area contributed by atoms with Gasteiger partial charge in [0.15, 0.2) is 5.78 Å². The van der Waals surface area contributed by atoms with Gasteiger partial charge in [0.25, 0.3) is 0 Å². The molecule has 0 N–H and O–H groups in total. The van der Waals surface area contributed by atoms with Crippen molar-refractivity contribution in [2.24, 2.45) is 0 Å². The quantitative estimate of drug-likeness (QED) is 0.812. The number of ether oxygens (including phenoxy) is 2. The Labute approximate surface area is 111 Å². The molecule has 0 spiro atoms. The van der Waals surface area contributed by atoms with Gasteiger partial charge < -0.3 is 9.47 Å². The molecule has 0 saturated carbocycles. The highest BCUT2D eigenvalue weighted by atomic mass is 16.6. The maximum atomic E-state index is 12.0. The number of carbonyl (C=O) groups excluding carboxylic acids is 2. The van der Waals surface area contributed by atoms with E-state index in [1.54, 1.807) is 13.0 Å². The first kappa shape index (κ1) is 13.3. The molecule has 6 nitrogen and oxygen atoms in total. The predicted molar refractivity (Wildman–Crippen MR) is 67.2 cm³/mol. The predicted octanol–water partition coefficient (Wildman–Crippen LogP) is 1.64. The molecule has 2 rings (SSSR count). The molecular formula is C13H16N2O4. The first-order chi connectivity index (χ1) is 9.11. The Bertz CT molecular complexity index is 489. The summed E-state index contributed by atoms with van der Waals surface area (Å²) < 4.78 is 10.2. The Kier molecular flexibility index (Phi) is 3.99. The third-order valence-corrected chi connectivity index (χ3v) is 3.12. The zero-order valence-electron chi connectivity index (χ0n) is 11.0. The fourth-order valence-electron chi connectivity index (χ4n) is 1.97. The van der Waals surface area contributed by atoms with Crippen LogP contribution in [0.1, 0.15) is 19.8 Å². The highest BCUT2D eigenvalue weighted by molar-refractivity contribution is 5.88. The van der Waals surface area contributed by atoms with E-state index in [4.69, 9.17) is 9.47 Å². The second-order valence-electron chi connectivity index (χ2n) is 4.34. The molecule has 19 heavy (non-hydrogen) atoms. The van der Waals surface area contributed by atoms with Crippen LogP contribution in [0.5, 0.6) is 11.6 Å². The lowest BCUT2D eigenvalue weighted by Crippen LogP contribution is -2.48. The Balaban J connectivity index is 2.05. The first-order valence-electron chi connectivity index (χ1n) is 6.13. The monoisotopic (exact) mass is 264 g/mol. The van der Waals surface area contributed by atoms with Crippen molar-refractivity contribution in [3.05, 3.63) is 18.3 Å². The molecular weight excluding hydrogens is 248 g/mol. The number of carbonyl (C=O) groups is 2. The molecule has 0 radical (unpaired) electrons. The van der Waals surface area contributed by atoms with Crippen molar-refractivity contribution in [1.82, 2.24) is 9.88 Å². The smallest absolute Gasteiger partial charge is 0.417 e. The number of rotatable bonds is 2. The van der Waals surface area contributed by atoms with Gasteiger partial charge in [-0.2, -0.15) is 0 Å². The standard InChI is InChI=1S/C13H16N2O4/c1-9-11(16)4-3-7-15(9)13(17)19-12-8-10(18-2)5-6-14-12/h5-6,8-9H,3-4,7H2,1-2H3. The van der Waals surface area contributed by atoms with Crippen LogP contribution >= 0.6 is 0 Å². The number of hydrogen-bond acceptors (Lipinski definition) is 5. The van der Waals surface area contributed by atoms with Gasteiger partial charge in [-0.15, -0.1) is 0 Å². The summed E-state index contributed by atoms with van der Waals surface area (Å²) in [6.45, 7) is 2.23. The molecule has 0 aliphatic carbocycles. The van der Waals surface area contributed by atoms with Gasteiger partial charge in [-0.05, 0) is 19.4 Å². The number of hydrogen-bond donors (Lipinski definition) is 0. The molecule has 1 unspecified atom stereocenters. The van der Waals surface area contributed by atoms with E-state index in [0.717, 1.165) is 0 Å². The van der Waals surface area contributed by atoms with Gasteiger partial charge in [0, 0.05) is 25.2 Å². The number of aromatic nitrogens is 1. The van der Waals surface area contributed by atoms with Crippen LogP contribution in [0.15, 0.2) is 18.3 Å². The average molecular weight is 264 g/mol. The molecule has 1 saturated heterocycles. The number of likely N-dealkylation sites (tertiary alicyclic amines) is 1. The van der Waals surface area contributed by atoms with E-state index in [1.165, 1.54) is 24.3 Å². The highest BCUT2D eigenvalue weighted by Gasteiger charge is 2.30. The molecule has 1 fully saturated rings. The van der Waals surface area contributed by atoms with E-state index in [-0.39, 0.29) is 11.7 Å². The van der Waals surface area contributed by atoms with Crippen LogP contribution in [-0.2, 0) is 4.79 Å². The van der Waals surface area contributed by atoms with Gasteiger partial charge in [-0.3, -0.25) is 9.69 Å². The zero-order valence-corrected chi connectivity index (χ0v) is 11.0. The van der Waals surface area contributed by atoms with E-state index in [2.05, 4.69) is 4.98 Å². The van der Waals surface area contributed by atoms with Gasteiger partial charge in [-0.25, -0.2) is 9.78 Å². The SMILES string of the molecule is COc1ccnc(OC(=O)N2CCCC(=O)C2C)c1. The maximum absolute atomic E-state index is 12.0. The van der Waals surface area contributed by atoms with Gasteiger partial charge in [0.1, 0.15) is 5.75 Å². The van der Waals surface area contributed by atoms with E-state index in [0.29, 0.717) is 25.1 Å². The Hall–Kier alpha value is -2.11. The lowest BCUT2D eigenvalue weighted by atomic mass is 10.0. The molecule has 2 heterocycles.